The lowest BCUT2D eigenvalue weighted by Crippen LogP contribution is -2.26. The van der Waals surface area contributed by atoms with E-state index in [1.807, 2.05) is 8.61 Å². The standard InChI is InChI=1S/C12H20N2O2S2/c15-11-7-3-1-5-9-13(11)17-18-14-10-6-2-4-8-12(14)16/h1-10H2. The van der Waals surface area contributed by atoms with Crippen molar-refractivity contribution in [2.24, 2.45) is 0 Å². The zero-order valence-corrected chi connectivity index (χ0v) is 12.2. The number of nitrogens with zero attached hydrogens (tertiary/aromatic N) is 2. The van der Waals surface area contributed by atoms with Crippen LogP contribution in [0, 0.1) is 0 Å². The molecule has 2 saturated heterocycles. The van der Waals surface area contributed by atoms with Gasteiger partial charge >= 0.3 is 0 Å². The average molecular weight is 288 g/mol. The molecule has 2 amide bonds. The van der Waals surface area contributed by atoms with Gasteiger partial charge in [0, 0.05) is 47.9 Å². The Bertz CT molecular complexity index is 282. The Kier molecular flexibility index (Phi) is 5.69. The lowest BCUT2D eigenvalue weighted by atomic mass is 10.2. The third-order valence-electron chi connectivity index (χ3n) is 3.27. The summed E-state index contributed by atoms with van der Waals surface area (Å²) >= 11 is 0. The zero-order valence-electron chi connectivity index (χ0n) is 10.6. The van der Waals surface area contributed by atoms with Crippen LogP contribution in [0.3, 0.4) is 0 Å². The van der Waals surface area contributed by atoms with Crippen molar-refractivity contribution in [1.29, 1.82) is 0 Å². The molecule has 2 aliphatic heterocycles. The van der Waals surface area contributed by atoms with Crippen molar-refractivity contribution in [3.05, 3.63) is 0 Å². The van der Waals surface area contributed by atoms with Crippen LogP contribution in [0.4, 0.5) is 0 Å². The molecule has 0 N–H and O–H groups in total. The van der Waals surface area contributed by atoms with E-state index in [2.05, 4.69) is 0 Å². The maximum Gasteiger partial charge on any atom is 0.233 e. The molecule has 0 aromatic rings. The first-order chi connectivity index (χ1) is 8.77. The number of hydrogen-bond donors (Lipinski definition) is 0. The maximum absolute atomic E-state index is 11.8. The average Bonchev–Trinajstić information content (AvgIpc) is 2.68. The first-order valence-corrected chi connectivity index (χ1v) is 8.79. The van der Waals surface area contributed by atoms with Crippen LogP contribution in [0.25, 0.3) is 0 Å². The summed E-state index contributed by atoms with van der Waals surface area (Å²) in [5.74, 6) is 0.430. The second-order valence-electron chi connectivity index (χ2n) is 4.76. The normalized spacial score (nSPS) is 22.9. The van der Waals surface area contributed by atoms with E-state index in [1.54, 1.807) is 0 Å². The van der Waals surface area contributed by atoms with Gasteiger partial charge in [0.25, 0.3) is 0 Å². The van der Waals surface area contributed by atoms with Crippen LogP contribution in [-0.2, 0) is 9.59 Å². The predicted octanol–water partition coefficient (Wildman–Crippen LogP) is 3.00. The highest BCUT2D eigenvalue weighted by Gasteiger charge is 2.22. The van der Waals surface area contributed by atoms with Gasteiger partial charge in [-0.2, -0.15) is 0 Å². The third kappa shape index (κ3) is 4.09. The van der Waals surface area contributed by atoms with Gasteiger partial charge in [-0.3, -0.25) is 18.2 Å². The smallest absolute Gasteiger partial charge is 0.233 e. The Labute approximate surface area is 117 Å². The van der Waals surface area contributed by atoms with E-state index in [0.29, 0.717) is 12.8 Å². The summed E-state index contributed by atoms with van der Waals surface area (Å²) in [7, 11) is 2.89. The molecule has 0 aliphatic carbocycles. The van der Waals surface area contributed by atoms with E-state index in [-0.39, 0.29) is 11.8 Å². The van der Waals surface area contributed by atoms with E-state index in [1.165, 1.54) is 22.0 Å². The fourth-order valence-corrected chi connectivity index (χ4v) is 4.50. The second kappa shape index (κ2) is 7.28. The molecular formula is C12H20N2O2S2. The second-order valence-corrected chi connectivity index (χ2v) is 6.84. The largest absolute Gasteiger partial charge is 0.276 e. The van der Waals surface area contributed by atoms with E-state index >= 15 is 0 Å². The van der Waals surface area contributed by atoms with Crippen molar-refractivity contribution in [2.45, 2.75) is 51.4 Å². The fraction of sp³-hybridized carbons (Fsp3) is 0.833. The molecule has 0 aromatic carbocycles. The predicted molar refractivity (Wildman–Crippen MR) is 75.5 cm³/mol. The molecule has 0 spiro atoms. The van der Waals surface area contributed by atoms with Crippen LogP contribution in [0.2, 0.25) is 0 Å². The molecule has 0 unspecified atom stereocenters. The molecule has 102 valence electrons. The maximum atomic E-state index is 11.8. The summed E-state index contributed by atoms with van der Waals surface area (Å²) < 4.78 is 3.66. The van der Waals surface area contributed by atoms with Gasteiger partial charge in [-0.25, -0.2) is 0 Å². The van der Waals surface area contributed by atoms with Gasteiger partial charge in [-0.05, 0) is 25.7 Å². The van der Waals surface area contributed by atoms with Crippen molar-refractivity contribution in [3.63, 3.8) is 0 Å². The van der Waals surface area contributed by atoms with Gasteiger partial charge in [-0.15, -0.1) is 0 Å². The fourth-order valence-electron chi connectivity index (χ4n) is 2.15. The van der Waals surface area contributed by atoms with Crippen molar-refractivity contribution < 1.29 is 9.59 Å². The summed E-state index contributed by atoms with van der Waals surface area (Å²) in [5, 5.41) is 0. The first-order valence-electron chi connectivity index (χ1n) is 6.73. The highest BCUT2D eigenvalue weighted by atomic mass is 33.1. The summed E-state index contributed by atoms with van der Waals surface area (Å²) in [5.41, 5.74) is 0. The molecule has 0 saturated carbocycles. The molecule has 6 heteroatoms. The quantitative estimate of drug-likeness (QED) is 0.591. The molecule has 4 nitrogen and oxygen atoms in total. The Hall–Kier alpha value is -0.360. The van der Waals surface area contributed by atoms with Crippen LogP contribution in [0.1, 0.15) is 51.4 Å². The Morgan fingerprint density at radius 3 is 1.56 bits per heavy atom. The summed E-state index contributed by atoms with van der Waals surface area (Å²) in [4.78, 5) is 23.6. The van der Waals surface area contributed by atoms with Crippen molar-refractivity contribution in [2.75, 3.05) is 13.1 Å². The first kappa shape index (κ1) is 14.1. The van der Waals surface area contributed by atoms with Crippen molar-refractivity contribution in [1.82, 2.24) is 8.61 Å². The number of carbonyl (C=O) groups excluding carboxylic acids is 2. The van der Waals surface area contributed by atoms with Gasteiger partial charge in [0.1, 0.15) is 0 Å². The number of amides is 2. The summed E-state index contributed by atoms with van der Waals surface area (Å²) in [6.45, 7) is 1.64. The number of carbonyl (C=O) groups is 2. The number of hydrogen-bond acceptors (Lipinski definition) is 4. The summed E-state index contributed by atoms with van der Waals surface area (Å²) in [6.07, 6.45) is 7.74. The Balaban J connectivity index is 1.81. The summed E-state index contributed by atoms with van der Waals surface area (Å²) in [6, 6.07) is 0. The molecule has 2 fully saturated rings. The SMILES string of the molecule is O=C1CCCCCN1SSN1CCCCCC1=O. The van der Waals surface area contributed by atoms with Gasteiger partial charge in [0.2, 0.25) is 11.8 Å². The molecule has 2 heterocycles. The lowest BCUT2D eigenvalue weighted by molar-refractivity contribution is -0.126. The Morgan fingerprint density at radius 1 is 0.667 bits per heavy atom. The van der Waals surface area contributed by atoms with Crippen LogP contribution in [0.5, 0.6) is 0 Å². The van der Waals surface area contributed by atoms with E-state index in [4.69, 9.17) is 0 Å². The molecule has 18 heavy (non-hydrogen) atoms. The van der Waals surface area contributed by atoms with Gasteiger partial charge in [0.15, 0.2) is 0 Å². The highest BCUT2D eigenvalue weighted by Crippen LogP contribution is 2.34. The monoisotopic (exact) mass is 288 g/mol. The van der Waals surface area contributed by atoms with Crippen molar-refractivity contribution >= 4 is 33.8 Å². The molecular weight excluding hydrogens is 268 g/mol. The van der Waals surface area contributed by atoms with E-state index in [9.17, 15) is 9.59 Å². The molecule has 0 bridgehead atoms. The van der Waals surface area contributed by atoms with Gasteiger partial charge < -0.3 is 0 Å². The topological polar surface area (TPSA) is 40.6 Å². The zero-order chi connectivity index (χ0) is 12.8. The highest BCUT2D eigenvalue weighted by molar-refractivity contribution is 8.75. The van der Waals surface area contributed by atoms with Crippen molar-refractivity contribution in [3.8, 4) is 0 Å². The number of rotatable bonds is 3. The lowest BCUT2D eigenvalue weighted by Gasteiger charge is -2.23. The van der Waals surface area contributed by atoms with E-state index in [0.717, 1.165) is 51.6 Å². The Morgan fingerprint density at radius 2 is 1.11 bits per heavy atom. The molecule has 0 atom stereocenters. The van der Waals surface area contributed by atoms with Crippen LogP contribution in [-0.4, -0.2) is 33.5 Å². The molecule has 0 radical (unpaired) electrons. The minimum absolute atomic E-state index is 0.215. The van der Waals surface area contributed by atoms with Gasteiger partial charge in [-0.1, -0.05) is 12.8 Å². The third-order valence-corrected chi connectivity index (χ3v) is 5.75. The van der Waals surface area contributed by atoms with Crippen LogP contribution in [0.15, 0.2) is 0 Å². The van der Waals surface area contributed by atoms with Crippen LogP contribution < -0.4 is 0 Å². The van der Waals surface area contributed by atoms with E-state index < -0.39 is 0 Å². The molecule has 2 rings (SSSR count). The van der Waals surface area contributed by atoms with Gasteiger partial charge in [0.05, 0.1) is 0 Å². The molecule has 2 aliphatic rings. The molecule has 0 aromatic heterocycles. The minimum atomic E-state index is 0.215. The van der Waals surface area contributed by atoms with Crippen LogP contribution >= 0.6 is 22.0 Å². The minimum Gasteiger partial charge on any atom is -0.276 e.